The molecule has 0 radical (unpaired) electrons. The molecule has 5 atom stereocenters. The maximum absolute atomic E-state index is 14.2. The Labute approximate surface area is 222 Å². The lowest BCUT2D eigenvalue weighted by Crippen LogP contribution is -2.58. The Morgan fingerprint density at radius 3 is 1.79 bits per heavy atom. The van der Waals surface area contributed by atoms with Gasteiger partial charge in [-0.15, -0.1) is 0 Å². The topological polar surface area (TPSA) is 40.6 Å². The molecule has 1 unspecified atom stereocenters. The molecule has 186 valence electrons. The van der Waals surface area contributed by atoms with Crippen LogP contribution >= 0.6 is 0 Å². The number of piperidine rings is 1. The van der Waals surface area contributed by atoms with Crippen LogP contribution < -0.4 is 4.90 Å². The van der Waals surface area contributed by atoms with Crippen molar-refractivity contribution in [1.29, 1.82) is 0 Å². The maximum Gasteiger partial charge on any atom is 0.239 e. The third-order valence-electron chi connectivity index (χ3n) is 8.41. The summed E-state index contributed by atoms with van der Waals surface area (Å²) in [5.74, 6) is -1.14. The number of carbonyl (C=O) groups is 2. The van der Waals surface area contributed by atoms with Gasteiger partial charge >= 0.3 is 0 Å². The van der Waals surface area contributed by atoms with E-state index in [1.807, 2.05) is 60.7 Å². The van der Waals surface area contributed by atoms with Gasteiger partial charge in [-0.05, 0) is 34.4 Å². The van der Waals surface area contributed by atoms with Gasteiger partial charge in [-0.3, -0.25) is 14.5 Å². The van der Waals surface area contributed by atoms with E-state index in [1.54, 1.807) is 0 Å². The number of benzene rings is 4. The Kier molecular flexibility index (Phi) is 5.56. The third kappa shape index (κ3) is 3.56. The lowest BCUT2D eigenvalue weighted by molar-refractivity contribution is -0.130. The minimum absolute atomic E-state index is 0.0321. The monoisotopic (exact) mass is 496 g/mol. The van der Waals surface area contributed by atoms with Crippen LogP contribution in [0.25, 0.3) is 5.57 Å². The largest absolute Gasteiger partial charge is 0.284 e. The van der Waals surface area contributed by atoms with Crippen molar-refractivity contribution in [2.75, 3.05) is 4.90 Å². The maximum atomic E-state index is 14.2. The predicted molar refractivity (Wildman–Crippen MR) is 149 cm³/mol. The molecule has 0 saturated carbocycles. The zero-order chi connectivity index (χ0) is 25.6. The van der Waals surface area contributed by atoms with E-state index >= 15 is 0 Å². The van der Waals surface area contributed by atoms with Crippen LogP contribution in [0.2, 0.25) is 0 Å². The number of hydrogen-bond donors (Lipinski definition) is 0. The number of amides is 2. The number of carbonyl (C=O) groups excluding carboxylic acids is 2. The Morgan fingerprint density at radius 2 is 1.13 bits per heavy atom. The highest BCUT2D eigenvalue weighted by molar-refractivity contribution is 6.23. The van der Waals surface area contributed by atoms with E-state index < -0.39 is 11.8 Å². The highest BCUT2D eigenvalue weighted by Gasteiger charge is 2.64. The van der Waals surface area contributed by atoms with Crippen molar-refractivity contribution in [3.05, 3.63) is 144 Å². The van der Waals surface area contributed by atoms with Crippen LogP contribution in [-0.2, 0) is 16.1 Å². The summed E-state index contributed by atoms with van der Waals surface area (Å²) in [5.41, 5.74) is 5.33. The molecular formula is C34H28N2O2. The molecule has 2 amide bonds. The smallest absolute Gasteiger partial charge is 0.239 e. The van der Waals surface area contributed by atoms with Crippen LogP contribution in [0.3, 0.4) is 0 Å². The summed E-state index contributed by atoms with van der Waals surface area (Å²) < 4.78 is 0. The first-order chi connectivity index (χ1) is 18.7. The van der Waals surface area contributed by atoms with Gasteiger partial charge in [-0.1, -0.05) is 115 Å². The SMILES string of the molecule is O=C1[C@@H]2[C@H](C(=O)N1c1ccccc1)[C@@H]1C=C(c3ccccc3)[C@H]2C(c2ccccc2)N1Cc1ccccc1. The first-order valence-corrected chi connectivity index (χ1v) is 13.3. The molecule has 4 nitrogen and oxygen atoms in total. The Morgan fingerprint density at radius 1 is 0.579 bits per heavy atom. The van der Waals surface area contributed by atoms with Gasteiger partial charge < -0.3 is 0 Å². The van der Waals surface area contributed by atoms with Gasteiger partial charge in [0.2, 0.25) is 11.8 Å². The summed E-state index contributed by atoms with van der Waals surface area (Å²) in [6.07, 6.45) is 2.28. The van der Waals surface area contributed by atoms with E-state index in [0.29, 0.717) is 12.2 Å². The average Bonchev–Trinajstić information content (AvgIpc) is 3.26. The Hall–Kier alpha value is -4.28. The van der Waals surface area contributed by atoms with Crippen molar-refractivity contribution in [3.8, 4) is 0 Å². The predicted octanol–water partition coefficient (Wildman–Crippen LogP) is 6.13. The van der Waals surface area contributed by atoms with Crippen molar-refractivity contribution in [1.82, 2.24) is 4.90 Å². The first-order valence-electron chi connectivity index (χ1n) is 13.3. The molecule has 38 heavy (non-hydrogen) atoms. The van der Waals surface area contributed by atoms with Crippen LogP contribution in [0, 0.1) is 17.8 Å². The van der Waals surface area contributed by atoms with Crippen LogP contribution in [0.15, 0.2) is 127 Å². The van der Waals surface area contributed by atoms with Crippen molar-refractivity contribution >= 4 is 23.1 Å². The van der Waals surface area contributed by atoms with Crippen LogP contribution in [-0.4, -0.2) is 22.8 Å². The standard InChI is InChI=1S/C34H28N2O2/c37-33-30-28-21-27(24-15-7-2-8-16-24)29(31(30)34(38)36(33)26-19-11-4-12-20-26)32(25-17-9-3-10-18-25)35(28)22-23-13-5-1-6-14-23/h1-21,28-32H,22H2/t28-,29+,30+,31-,32?/m0/s1. The lowest BCUT2D eigenvalue weighted by atomic mass is 9.60. The molecule has 2 bridgehead atoms. The fourth-order valence-electron chi connectivity index (χ4n) is 6.90. The van der Waals surface area contributed by atoms with E-state index in [-0.39, 0.29) is 29.8 Å². The second kappa shape index (κ2) is 9.23. The van der Waals surface area contributed by atoms with Crippen molar-refractivity contribution in [2.24, 2.45) is 17.8 Å². The molecule has 3 heterocycles. The number of nitrogens with zero attached hydrogens (tertiary/aromatic N) is 2. The minimum atomic E-state index is -0.413. The van der Waals surface area contributed by atoms with Gasteiger partial charge in [0.05, 0.1) is 17.5 Å². The number of rotatable bonds is 5. The Balaban J connectivity index is 1.42. The molecule has 2 fully saturated rings. The van der Waals surface area contributed by atoms with Gasteiger partial charge in [-0.25, -0.2) is 4.90 Å². The second-order valence-electron chi connectivity index (χ2n) is 10.4. The van der Waals surface area contributed by atoms with E-state index in [1.165, 1.54) is 21.6 Å². The number of hydrogen-bond acceptors (Lipinski definition) is 3. The average molecular weight is 497 g/mol. The molecule has 8 rings (SSSR count). The van der Waals surface area contributed by atoms with Crippen LogP contribution in [0.4, 0.5) is 5.69 Å². The van der Waals surface area contributed by atoms with Gasteiger partial charge in [0, 0.05) is 24.5 Å². The zero-order valence-corrected chi connectivity index (χ0v) is 20.9. The van der Waals surface area contributed by atoms with Crippen LogP contribution in [0.5, 0.6) is 0 Å². The molecule has 4 heteroatoms. The quantitative estimate of drug-likeness (QED) is 0.312. The Bertz CT molecular complexity index is 1500. The summed E-state index contributed by atoms with van der Waals surface area (Å²) in [5, 5.41) is 0. The van der Waals surface area contributed by atoms with Crippen molar-refractivity contribution in [2.45, 2.75) is 18.6 Å². The molecule has 4 aliphatic rings. The van der Waals surface area contributed by atoms with E-state index in [0.717, 1.165) is 5.56 Å². The molecule has 4 aromatic carbocycles. The number of fused-ring (bicyclic) bond motifs is 1. The van der Waals surface area contributed by atoms with Crippen LogP contribution in [0.1, 0.15) is 22.7 Å². The lowest BCUT2D eigenvalue weighted by Gasteiger charge is -2.55. The molecule has 1 aliphatic carbocycles. The van der Waals surface area contributed by atoms with Crippen molar-refractivity contribution < 1.29 is 9.59 Å². The highest BCUT2D eigenvalue weighted by Crippen LogP contribution is 2.58. The van der Waals surface area contributed by atoms with Gasteiger partial charge in [-0.2, -0.15) is 0 Å². The highest BCUT2D eigenvalue weighted by atomic mass is 16.2. The molecule has 4 aromatic rings. The summed E-state index contributed by atoms with van der Waals surface area (Å²) >= 11 is 0. The minimum Gasteiger partial charge on any atom is -0.284 e. The molecule has 0 spiro atoms. The molecule has 0 aromatic heterocycles. The number of imide groups is 1. The fraction of sp³-hybridized carbons (Fsp3) is 0.176. The first kappa shape index (κ1) is 22.9. The summed E-state index contributed by atoms with van der Waals surface area (Å²) in [4.78, 5) is 32.2. The molecule has 0 N–H and O–H groups in total. The molecule has 2 saturated heterocycles. The van der Waals surface area contributed by atoms with E-state index in [9.17, 15) is 9.59 Å². The summed E-state index contributed by atoms with van der Waals surface area (Å²) in [7, 11) is 0. The summed E-state index contributed by atoms with van der Waals surface area (Å²) in [6.45, 7) is 0.705. The molecular weight excluding hydrogens is 468 g/mol. The fourth-order valence-corrected chi connectivity index (χ4v) is 6.90. The second-order valence-corrected chi connectivity index (χ2v) is 10.4. The normalized spacial score (nSPS) is 26.4. The number of para-hydroxylation sites is 1. The third-order valence-corrected chi connectivity index (χ3v) is 8.41. The van der Waals surface area contributed by atoms with Crippen molar-refractivity contribution in [3.63, 3.8) is 0 Å². The van der Waals surface area contributed by atoms with E-state index in [2.05, 4.69) is 71.6 Å². The van der Waals surface area contributed by atoms with Gasteiger partial charge in [0.1, 0.15) is 0 Å². The zero-order valence-electron chi connectivity index (χ0n) is 20.9. The van der Waals surface area contributed by atoms with E-state index in [4.69, 9.17) is 0 Å². The van der Waals surface area contributed by atoms with Gasteiger partial charge in [0.15, 0.2) is 0 Å². The molecule has 3 aliphatic heterocycles. The summed E-state index contributed by atoms with van der Waals surface area (Å²) in [6, 6.07) is 40.5. The number of anilines is 1. The van der Waals surface area contributed by atoms with Gasteiger partial charge in [0.25, 0.3) is 0 Å².